The molecule has 94 valence electrons. The Bertz CT molecular complexity index is 747. The van der Waals surface area contributed by atoms with Gasteiger partial charge in [-0.1, -0.05) is 22.5 Å². The van der Waals surface area contributed by atoms with E-state index in [9.17, 15) is 0 Å². The summed E-state index contributed by atoms with van der Waals surface area (Å²) >= 11 is 0. The molecular weight excluding hydrogens is 246 g/mol. The molecule has 0 saturated heterocycles. The Morgan fingerprint density at radius 2 is 2.05 bits per heavy atom. The molecule has 0 saturated carbocycles. The van der Waals surface area contributed by atoms with E-state index >= 15 is 0 Å². The molecule has 3 N–H and O–H groups in total. The van der Waals surface area contributed by atoms with Crippen LogP contribution in [-0.4, -0.2) is 36.0 Å². The smallest absolute Gasteiger partial charge is 0.190 e. The van der Waals surface area contributed by atoms with Gasteiger partial charge in [0.1, 0.15) is 11.2 Å². The molecule has 0 aliphatic heterocycles. The maximum absolute atomic E-state index is 8.55. The Balaban J connectivity index is 2.07. The molecule has 0 bridgehead atoms. The summed E-state index contributed by atoms with van der Waals surface area (Å²) in [6.07, 6.45) is 2.88. The lowest BCUT2D eigenvalue weighted by Crippen LogP contribution is -2.16. The number of para-hydroxylation sites is 1. The van der Waals surface area contributed by atoms with Crippen molar-refractivity contribution in [3.05, 3.63) is 42.4 Å². The zero-order valence-electron chi connectivity index (χ0n) is 9.67. The van der Waals surface area contributed by atoms with Gasteiger partial charge in [0.25, 0.3) is 0 Å². The molecule has 19 heavy (non-hydrogen) atoms. The molecule has 8 heteroatoms. The van der Waals surface area contributed by atoms with E-state index < -0.39 is 0 Å². The van der Waals surface area contributed by atoms with Crippen LogP contribution in [0.5, 0.6) is 0 Å². The summed E-state index contributed by atoms with van der Waals surface area (Å²) in [6.45, 7) is 0. The lowest BCUT2D eigenvalue weighted by Gasteiger charge is -2.01. The van der Waals surface area contributed by atoms with E-state index in [-0.39, 0.29) is 11.5 Å². The van der Waals surface area contributed by atoms with Crippen LogP contribution >= 0.6 is 0 Å². The van der Waals surface area contributed by atoms with Gasteiger partial charge in [-0.15, -0.1) is 5.10 Å². The molecule has 0 spiro atoms. The topological polar surface area (TPSA) is 115 Å². The summed E-state index contributed by atoms with van der Waals surface area (Å²) in [5.41, 5.74) is 7.30. The van der Waals surface area contributed by atoms with Crippen LogP contribution in [0.3, 0.4) is 0 Å². The van der Waals surface area contributed by atoms with Crippen LogP contribution in [0.15, 0.2) is 41.8 Å². The van der Waals surface area contributed by atoms with Crippen molar-refractivity contribution in [3.8, 4) is 5.82 Å². The average Bonchev–Trinajstić information content (AvgIpc) is 2.90. The van der Waals surface area contributed by atoms with Crippen molar-refractivity contribution >= 4 is 16.9 Å². The van der Waals surface area contributed by atoms with Gasteiger partial charge in [-0.2, -0.15) is 4.68 Å². The predicted molar refractivity (Wildman–Crippen MR) is 67.0 cm³/mol. The number of nitrogens with two attached hydrogens (primary N) is 1. The van der Waals surface area contributed by atoms with Crippen molar-refractivity contribution in [1.82, 2.24) is 25.0 Å². The molecule has 0 fully saturated rings. The Kier molecular flexibility index (Phi) is 2.53. The summed E-state index contributed by atoms with van der Waals surface area (Å²) < 4.78 is 1.57. The molecular formula is C11H9N7O. The average molecular weight is 255 g/mol. The van der Waals surface area contributed by atoms with Crippen LogP contribution in [-0.2, 0) is 0 Å². The minimum absolute atomic E-state index is 0.0949. The third-order valence-electron chi connectivity index (χ3n) is 2.58. The van der Waals surface area contributed by atoms with Gasteiger partial charge in [0.2, 0.25) is 0 Å². The molecule has 8 nitrogen and oxygen atoms in total. The predicted octanol–water partition coefficient (Wildman–Crippen LogP) is 0.305. The molecule has 2 aromatic heterocycles. The highest BCUT2D eigenvalue weighted by atomic mass is 16.4. The van der Waals surface area contributed by atoms with Crippen molar-refractivity contribution in [3.63, 3.8) is 0 Å². The van der Waals surface area contributed by atoms with Gasteiger partial charge in [-0.25, -0.2) is 9.97 Å². The largest absolute Gasteiger partial charge is 0.409 e. The molecule has 0 aliphatic rings. The van der Waals surface area contributed by atoms with Crippen LogP contribution in [0.4, 0.5) is 0 Å². The molecule has 3 rings (SSSR count). The number of amidine groups is 1. The minimum atomic E-state index is -0.0949. The molecule has 0 atom stereocenters. The van der Waals surface area contributed by atoms with E-state index in [1.54, 1.807) is 4.68 Å². The highest BCUT2D eigenvalue weighted by molar-refractivity contribution is 5.94. The van der Waals surface area contributed by atoms with E-state index in [1.807, 2.05) is 24.3 Å². The summed E-state index contributed by atoms with van der Waals surface area (Å²) in [7, 11) is 0. The first-order valence-corrected chi connectivity index (χ1v) is 5.40. The summed E-state index contributed by atoms with van der Waals surface area (Å²) in [4.78, 5) is 8.21. The first-order chi connectivity index (χ1) is 9.29. The minimum Gasteiger partial charge on any atom is -0.409 e. The Labute approximate surface area is 107 Å². The number of fused-ring (bicyclic) bond motifs is 1. The van der Waals surface area contributed by atoms with Crippen molar-refractivity contribution in [2.75, 3.05) is 0 Å². The van der Waals surface area contributed by atoms with Crippen LogP contribution in [0.2, 0.25) is 0 Å². The number of hydrogen-bond acceptors (Lipinski definition) is 6. The molecule has 0 aliphatic carbocycles. The monoisotopic (exact) mass is 255 g/mol. The third kappa shape index (κ3) is 1.84. The summed E-state index contributed by atoms with van der Waals surface area (Å²) in [5.74, 6) is 0.408. The van der Waals surface area contributed by atoms with Gasteiger partial charge in [0, 0.05) is 0 Å². The quantitative estimate of drug-likeness (QED) is 0.294. The SMILES string of the molecule is NC(=NO)c1cnc(-n2nnc3ccccc32)cn1. The highest BCUT2D eigenvalue weighted by Crippen LogP contribution is 2.13. The van der Waals surface area contributed by atoms with Gasteiger partial charge in [-0.05, 0) is 12.1 Å². The zero-order valence-corrected chi connectivity index (χ0v) is 9.67. The fourth-order valence-corrected chi connectivity index (χ4v) is 1.65. The van der Waals surface area contributed by atoms with Gasteiger partial charge >= 0.3 is 0 Å². The molecule has 2 heterocycles. The van der Waals surface area contributed by atoms with E-state index in [0.29, 0.717) is 5.82 Å². The maximum Gasteiger partial charge on any atom is 0.190 e. The second-order valence-electron chi connectivity index (χ2n) is 3.74. The first kappa shape index (κ1) is 11.1. The van der Waals surface area contributed by atoms with E-state index in [1.165, 1.54) is 12.4 Å². The lowest BCUT2D eigenvalue weighted by molar-refractivity contribution is 0.318. The fourth-order valence-electron chi connectivity index (χ4n) is 1.65. The second-order valence-corrected chi connectivity index (χ2v) is 3.74. The number of benzene rings is 1. The lowest BCUT2D eigenvalue weighted by atomic mass is 10.3. The number of rotatable bonds is 2. The van der Waals surface area contributed by atoms with Gasteiger partial charge in [0.05, 0.1) is 17.9 Å². The Morgan fingerprint density at radius 1 is 1.21 bits per heavy atom. The fraction of sp³-hybridized carbons (Fsp3) is 0. The van der Waals surface area contributed by atoms with Gasteiger partial charge in [0.15, 0.2) is 11.7 Å². The Hall–Kier alpha value is -3.03. The van der Waals surface area contributed by atoms with Crippen LogP contribution in [0.25, 0.3) is 16.9 Å². The number of aromatic nitrogens is 5. The van der Waals surface area contributed by atoms with Crippen LogP contribution < -0.4 is 5.73 Å². The molecule has 0 radical (unpaired) electrons. The number of nitrogens with zero attached hydrogens (tertiary/aromatic N) is 6. The molecule has 1 aromatic carbocycles. The van der Waals surface area contributed by atoms with E-state index in [2.05, 4.69) is 25.4 Å². The number of oxime groups is 1. The second kappa shape index (κ2) is 4.33. The highest BCUT2D eigenvalue weighted by Gasteiger charge is 2.08. The first-order valence-electron chi connectivity index (χ1n) is 5.40. The molecule has 3 aromatic rings. The standard InChI is InChI=1S/C11H9N7O/c12-11(16-19)8-5-14-10(6-13-8)18-9-4-2-1-3-7(9)15-17-18/h1-6,19H,(H2,12,16). The van der Waals surface area contributed by atoms with Crippen molar-refractivity contribution in [1.29, 1.82) is 0 Å². The van der Waals surface area contributed by atoms with Crippen molar-refractivity contribution in [2.24, 2.45) is 10.9 Å². The van der Waals surface area contributed by atoms with Crippen molar-refractivity contribution < 1.29 is 5.21 Å². The van der Waals surface area contributed by atoms with Crippen LogP contribution in [0.1, 0.15) is 5.69 Å². The normalized spacial score (nSPS) is 11.9. The molecule has 0 unspecified atom stereocenters. The maximum atomic E-state index is 8.55. The van der Waals surface area contributed by atoms with Gasteiger partial charge < -0.3 is 10.9 Å². The molecule has 0 amide bonds. The summed E-state index contributed by atoms with van der Waals surface area (Å²) in [6, 6.07) is 7.51. The third-order valence-corrected chi connectivity index (χ3v) is 2.58. The summed E-state index contributed by atoms with van der Waals surface area (Å²) in [5, 5.41) is 19.4. The van der Waals surface area contributed by atoms with Gasteiger partial charge in [-0.3, -0.25) is 0 Å². The van der Waals surface area contributed by atoms with E-state index in [4.69, 9.17) is 10.9 Å². The number of hydrogen-bond donors (Lipinski definition) is 2. The zero-order chi connectivity index (χ0) is 13.2. The van der Waals surface area contributed by atoms with Crippen molar-refractivity contribution in [2.45, 2.75) is 0 Å². The van der Waals surface area contributed by atoms with E-state index in [0.717, 1.165) is 11.0 Å². The van der Waals surface area contributed by atoms with Crippen LogP contribution in [0, 0.1) is 0 Å². The Morgan fingerprint density at radius 3 is 2.79 bits per heavy atom.